The molecule has 0 aromatic heterocycles. The van der Waals surface area contributed by atoms with Crippen molar-refractivity contribution in [2.24, 2.45) is 5.73 Å². The van der Waals surface area contributed by atoms with Gasteiger partial charge in [-0.1, -0.05) is 24.3 Å². The molecular weight excluding hydrogens is 202 g/mol. The summed E-state index contributed by atoms with van der Waals surface area (Å²) in [6, 6.07) is 7.87. The number of rotatable bonds is 2. The lowest BCUT2D eigenvalue weighted by Crippen LogP contribution is -2.40. The van der Waals surface area contributed by atoms with Gasteiger partial charge in [0.2, 0.25) is 0 Å². The molecule has 1 saturated heterocycles. The molecule has 0 bridgehead atoms. The molecule has 2 rings (SSSR count). The third-order valence-electron chi connectivity index (χ3n) is 2.79. The molecule has 1 aromatic carbocycles. The summed E-state index contributed by atoms with van der Waals surface area (Å²) in [5.74, 6) is 0.576. The second-order valence-electron chi connectivity index (χ2n) is 3.85. The molecule has 1 aromatic rings. The van der Waals surface area contributed by atoms with E-state index >= 15 is 0 Å². The molecule has 86 valence electrons. The summed E-state index contributed by atoms with van der Waals surface area (Å²) in [4.78, 5) is 2.04. The minimum atomic E-state index is 0.547. The Labute approximate surface area is 95.5 Å². The van der Waals surface area contributed by atoms with Gasteiger partial charge in [0.1, 0.15) is 5.84 Å². The van der Waals surface area contributed by atoms with Gasteiger partial charge in [0.25, 0.3) is 0 Å². The molecule has 0 atom stereocenters. The molecule has 1 fully saturated rings. The lowest BCUT2D eigenvalue weighted by molar-refractivity contribution is 0.0680. The number of nitrogens with zero attached hydrogens (tertiary/aromatic N) is 1. The molecule has 0 spiro atoms. The van der Waals surface area contributed by atoms with Gasteiger partial charge in [-0.15, -0.1) is 0 Å². The number of morpholine rings is 1. The normalized spacial score (nSPS) is 16.2. The highest BCUT2D eigenvalue weighted by Gasteiger charge is 2.14. The lowest BCUT2D eigenvalue weighted by Gasteiger charge is -2.29. The molecule has 4 nitrogen and oxygen atoms in total. The zero-order chi connectivity index (χ0) is 11.4. The highest BCUT2D eigenvalue weighted by atomic mass is 16.5. The van der Waals surface area contributed by atoms with E-state index in [2.05, 4.69) is 0 Å². The van der Waals surface area contributed by atoms with Crippen LogP contribution < -0.4 is 5.73 Å². The Morgan fingerprint density at radius 3 is 2.44 bits per heavy atom. The summed E-state index contributed by atoms with van der Waals surface area (Å²) >= 11 is 0. The zero-order valence-electron chi connectivity index (χ0n) is 9.28. The Balaban J connectivity index is 2.07. The van der Waals surface area contributed by atoms with Crippen LogP contribution in [0.15, 0.2) is 24.3 Å². The molecular formula is C12H17N3O. The summed E-state index contributed by atoms with van der Waals surface area (Å²) in [6.07, 6.45) is 0. The fourth-order valence-electron chi connectivity index (χ4n) is 1.77. The quantitative estimate of drug-likeness (QED) is 0.571. The second kappa shape index (κ2) is 5.09. The van der Waals surface area contributed by atoms with Crippen molar-refractivity contribution in [3.8, 4) is 0 Å². The van der Waals surface area contributed by atoms with E-state index < -0.39 is 0 Å². The van der Waals surface area contributed by atoms with Crippen molar-refractivity contribution in [2.75, 3.05) is 26.3 Å². The number of nitrogens with one attached hydrogen (secondary N) is 1. The molecule has 16 heavy (non-hydrogen) atoms. The Hall–Kier alpha value is -1.39. The average Bonchev–Trinajstić information content (AvgIpc) is 2.39. The minimum absolute atomic E-state index is 0.547. The fraction of sp³-hybridized carbons (Fsp3) is 0.417. The maximum Gasteiger partial charge on any atom is 0.128 e. The van der Waals surface area contributed by atoms with E-state index in [1.165, 1.54) is 0 Å². The van der Waals surface area contributed by atoms with Crippen LogP contribution in [0.2, 0.25) is 0 Å². The first-order valence-electron chi connectivity index (χ1n) is 5.52. The third-order valence-corrected chi connectivity index (χ3v) is 2.79. The van der Waals surface area contributed by atoms with Gasteiger partial charge in [-0.25, -0.2) is 0 Å². The van der Waals surface area contributed by atoms with Crippen molar-refractivity contribution in [1.29, 1.82) is 5.41 Å². The largest absolute Gasteiger partial charge is 0.378 e. The standard InChI is InChI=1S/C12H17N3O/c13-9-10-1-3-11(4-2-10)12(14)15-5-7-16-8-6-15/h1-4,14H,5-9,13H2. The summed E-state index contributed by atoms with van der Waals surface area (Å²) in [6.45, 7) is 3.58. The van der Waals surface area contributed by atoms with Crippen molar-refractivity contribution in [3.05, 3.63) is 35.4 Å². The molecule has 1 heterocycles. The van der Waals surface area contributed by atoms with Crippen molar-refractivity contribution in [2.45, 2.75) is 6.54 Å². The van der Waals surface area contributed by atoms with Crippen LogP contribution in [0.25, 0.3) is 0 Å². The summed E-state index contributed by atoms with van der Waals surface area (Å²) < 4.78 is 5.27. The van der Waals surface area contributed by atoms with Crippen LogP contribution >= 0.6 is 0 Å². The zero-order valence-corrected chi connectivity index (χ0v) is 9.28. The van der Waals surface area contributed by atoms with Crippen LogP contribution in [-0.2, 0) is 11.3 Å². The van der Waals surface area contributed by atoms with Gasteiger partial charge in [-0.05, 0) is 5.56 Å². The first kappa shape index (κ1) is 11.1. The van der Waals surface area contributed by atoms with Crippen molar-refractivity contribution >= 4 is 5.84 Å². The lowest BCUT2D eigenvalue weighted by atomic mass is 10.1. The molecule has 0 radical (unpaired) electrons. The smallest absolute Gasteiger partial charge is 0.128 e. The molecule has 4 heteroatoms. The Kier molecular flexibility index (Phi) is 3.54. The van der Waals surface area contributed by atoms with Crippen LogP contribution in [0, 0.1) is 5.41 Å². The minimum Gasteiger partial charge on any atom is -0.378 e. The number of ether oxygens (including phenoxy) is 1. The van der Waals surface area contributed by atoms with Gasteiger partial charge in [0.05, 0.1) is 13.2 Å². The summed E-state index contributed by atoms with van der Waals surface area (Å²) in [5, 5.41) is 8.09. The maximum atomic E-state index is 8.09. The third kappa shape index (κ3) is 2.40. The van der Waals surface area contributed by atoms with E-state index in [-0.39, 0.29) is 0 Å². The van der Waals surface area contributed by atoms with E-state index in [9.17, 15) is 0 Å². The fourth-order valence-corrected chi connectivity index (χ4v) is 1.77. The molecule has 0 saturated carbocycles. The number of hydrogen-bond acceptors (Lipinski definition) is 3. The molecule has 0 unspecified atom stereocenters. The first-order valence-corrected chi connectivity index (χ1v) is 5.52. The Bertz CT molecular complexity index is 355. The van der Waals surface area contributed by atoms with Gasteiger partial charge >= 0.3 is 0 Å². The number of nitrogens with two attached hydrogens (primary N) is 1. The Morgan fingerprint density at radius 1 is 1.25 bits per heavy atom. The van der Waals surface area contributed by atoms with Gasteiger partial charge < -0.3 is 15.4 Å². The number of hydrogen-bond donors (Lipinski definition) is 2. The van der Waals surface area contributed by atoms with E-state index in [1.54, 1.807) is 0 Å². The highest BCUT2D eigenvalue weighted by Crippen LogP contribution is 2.09. The van der Waals surface area contributed by atoms with Crippen molar-refractivity contribution in [3.63, 3.8) is 0 Å². The van der Waals surface area contributed by atoms with Crippen LogP contribution in [0.5, 0.6) is 0 Å². The van der Waals surface area contributed by atoms with Crippen LogP contribution in [0.4, 0.5) is 0 Å². The van der Waals surface area contributed by atoms with Crippen LogP contribution in [0.3, 0.4) is 0 Å². The van der Waals surface area contributed by atoms with Gasteiger partial charge in [0, 0.05) is 25.2 Å². The number of amidine groups is 1. The summed E-state index contributed by atoms with van der Waals surface area (Å²) in [5.41, 5.74) is 7.58. The molecule has 3 N–H and O–H groups in total. The van der Waals surface area contributed by atoms with Crippen LogP contribution in [0.1, 0.15) is 11.1 Å². The van der Waals surface area contributed by atoms with Crippen molar-refractivity contribution in [1.82, 2.24) is 4.90 Å². The monoisotopic (exact) mass is 219 g/mol. The van der Waals surface area contributed by atoms with E-state index in [4.69, 9.17) is 15.9 Å². The SMILES string of the molecule is N=C(c1ccc(CN)cc1)N1CCOCC1. The highest BCUT2D eigenvalue weighted by molar-refractivity contribution is 5.96. The predicted molar refractivity (Wildman–Crippen MR) is 63.6 cm³/mol. The Morgan fingerprint density at radius 2 is 1.88 bits per heavy atom. The first-order chi connectivity index (χ1) is 7.81. The van der Waals surface area contributed by atoms with E-state index in [0.29, 0.717) is 25.6 Å². The molecule has 0 aliphatic carbocycles. The van der Waals surface area contributed by atoms with E-state index in [0.717, 1.165) is 24.2 Å². The maximum absolute atomic E-state index is 8.09. The predicted octanol–water partition coefficient (Wildman–Crippen LogP) is 0.803. The van der Waals surface area contributed by atoms with Crippen molar-refractivity contribution < 1.29 is 4.74 Å². The van der Waals surface area contributed by atoms with Gasteiger partial charge in [-0.2, -0.15) is 0 Å². The molecule has 1 aliphatic heterocycles. The number of benzene rings is 1. The van der Waals surface area contributed by atoms with Gasteiger partial charge in [0.15, 0.2) is 0 Å². The second-order valence-corrected chi connectivity index (χ2v) is 3.85. The molecule has 1 aliphatic rings. The van der Waals surface area contributed by atoms with E-state index in [1.807, 2.05) is 29.2 Å². The molecule has 0 amide bonds. The average molecular weight is 219 g/mol. The van der Waals surface area contributed by atoms with Gasteiger partial charge in [-0.3, -0.25) is 5.41 Å². The van der Waals surface area contributed by atoms with Crippen LogP contribution in [-0.4, -0.2) is 37.0 Å². The summed E-state index contributed by atoms with van der Waals surface area (Å²) in [7, 11) is 0. The topological polar surface area (TPSA) is 62.3 Å².